The van der Waals surface area contributed by atoms with Crippen molar-refractivity contribution in [3.63, 3.8) is 0 Å². The lowest BCUT2D eigenvalue weighted by Gasteiger charge is -2.11. The van der Waals surface area contributed by atoms with E-state index in [1.54, 1.807) is 7.11 Å². The summed E-state index contributed by atoms with van der Waals surface area (Å²) in [6.45, 7) is 4.02. The predicted molar refractivity (Wildman–Crippen MR) is 87.0 cm³/mol. The fourth-order valence-electron chi connectivity index (χ4n) is 2.80. The smallest absolute Gasteiger partial charge is 0.139 e. The normalized spacial score (nSPS) is 11.1. The van der Waals surface area contributed by atoms with Crippen molar-refractivity contribution < 1.29 is 9.84 Å². The first-order chi connectivity index (χ1) is 10.5. The fraction of sp³-hybridized carbons (Fsp3) is 0.235. The van der Waals surface area contributed by atoms with E-state index in [0.29, 0.717) is 5.82 Å². The Balaban J connectivity index is 2.25. The van der Waals surface area contributed by atoms with Gasteiger partial charge in [-0.05, 0) is 48.7 Å². The monoisotopic (exact) mass is 297 g/mol. The molecule has 2 aromatic heterocycles. The number of pyridine rings is 1. The van der Waals surface area contributed by atoms with Crippen molar-refractivity contribution in [3.8, 4) is 17.0 Å². The number of aliphatic hydroxyl groups is 1. The Morgan fingerprint density at radius 3 is 2.50 bits per heavy atom. The van der Waals surface area contributed by atoms with Crippen molar-refractivity contribution in [2.75, 3.05) is 12.8 Å². The molecule has 114 valence electrons. The van der Waals surface area contributed by atoms with E-state index < -0.39 is 0 Å². The maximum atomic E-state index is 9.27. The standard InChI is InChI=1S/C17H19N3O2/c1-10-6-13(22-3)7-11(2)15(10)16-17(18)20-8-12(9-21)4-5-14(20)19-16/h4-8,21H,9,18H2,1-3H3. The molecule has 3 aromatic rings. The van der Waals surface area contributed by atoms with Crippen LogP contribution in [0.3, 0.4) is 0 Å². The minimum atomic E-state index is -0.0243. The van der Waals surface area contributed by atoms with Gasteiger partial charge in [0.1, 0.15) is 22.9 Å². The van der Waals surface area contributed by atoms with Crippen LogP contribution in [0.5, 0.6) is 5.75 Å². The zero-order valence-corrected chi connectivity index (χ0v) is 12.9. The fourth-order valence-corrected chi connectivity index (χ4v) is 2.80. The Bertz CT molecular complexity index is 829. The minimum Gasteiger partial charge on any atom is -0.497 e. The Kier molecular flexibility index (Phi) is 3.50. The number of aliphatic hydroxyl groups excluding tert-OH is 1. The lowest BCUT2D eigenvalue weighted by Crippen LogP contribution is -1.98. The van der Waals surface area contributed by atoms with Gasteiger partial charge >= 0.3 is 0 Å². The first kappa shape index (κ1) is 14.4. The summed E-state index contributed by atoms with van der Waals surface area (Å²) < 4.78 is 7.11. The summed E-state index contributed by atoms with van der Waals surface area (Å²) in [6, 6.07) is 7.66. The largest absolute Gasteiger partial charge is 0.497 e. The Hall–Kier alpha value is -2.53. The van der Waals surface area contributed by atoms with Gasteiger partial charge in [0.15, 0.2) is 0 Å². The van der Waals surface area contributed by atoms with Crippen LogP contribution in [0.1, 0.15) is 16.7 Å². The van der Waals surface area contributed by atoms with Crippen molar-refractivity contribution in [1.82, 2.24) is 9.38 Å². The molecule has 0 atom stereocenters. The second kappa shape index (κ2) is 5.35. The van der Waals surface area contributed by atoms with Gasteiger partial charge in [-0.3, -0.25) is 4.40 Å². The summed E-state index contributed by atoms with van der Waals surface area (Å²) in [5.41, 5.74) is 11.8. The van der Waals surface area contributed by atoms with Gasteiger partial charge in [0.25, 0.3) is 0 Å². The van der Waals surface area contributed by atoms with E-state index in [1.165, 1.54) is 0 Å². The van der Waals surface area contributed by atoms with E-state index in [-0.39, 0.29) is 6.61 Å². The first-order valence-corrected chi connectivity index (χ1v) is 7.08. The van der Waals surface area contributed by atoms with Crippen LogP contribution >= 0.6 is 0 Å². The van der Waals surface area contributed by atoms with Crippen LogP contribution in [0.4, 0.5) is 5.82 Å². The zero-order chi connectivity index (χ0) is 15.9. The second-order valence-electron chi connectivity index (χ2n) is 5.41. The topological polar surface area (TPSA) is 72.8 Å². The minimum absolute atomic E-state index is 0.0243. The first-order valence-electron chi connectivity index (χ1n) is 7.08. The molecule has 3 rings (SSSR count). The zero-order valence-electron chi connectivity index (χ0n) is 12.9. The Morgan fingerprint density at radius 1 is 1.23 bits per heavy atom. The number of nitrogen functional groups attached to an aromatic ring is 1. The van der Waals surface area contributed by atoms with Crippen LogP contribution in [0, 0.1) is 13.8 Å². The highest BCUT2D eigenvalue weighted by molar-refractivity contribution is 5.79. The third-order valence-corrected chi connectivity index (χ3v) is 3.88. The van der Waals surface area contributed by atoms with E-state index in [2.05, 4.69) is 4.98 Å². The number of nitrogens with two attached hydrogens (primary N) is 1. The molecule has 5 heteroatoms. The quantitative estimate of drug-likeness (QED) is 0.779. The third-order valence-electron chi connectivity index (χ3n) is 3.88. The number of anilines is 1. The lowest BCUT2D eigenvalue weighted by atomic mass is 9.99. The van der Waals surface area contributed by atoms with Crippen molar-refractivity contribution in [2.45, 2.75) is 20.5 Å². The van der Waals surface area contributed by atoms with Crippen LogP contribution in [0.25, 0.3) is 16.9 Å². The van der Waals surface area contributed by atoms with Gasteiger partial charge in [-0.15, -0.1) is 0 Å². The van der Waals surface area contributed by atoms with E-state index >= 15 is 0 Å². The van der Waals surface area contributed by atoms with Gasteiger partial charge in [0, 0.05) is 11.8 Å². The molecule has 0 fully saturated rings. The maximum Gasteiger partial charge on any atom is 0.139 e. The number of imidazole rings is 1. The highest BCUT2D eigenvalue weighted by atomic mass is 16.5. The van der Waals surface area contributed by atoms with Crippen molar-refractivity contribution >= 4 is 11.5 Å². The molecule has 0 saturated carbocycles. The average molecular weight is 297 g/mol. The van der Waals surface area contributed by atoms with Crippen molar-refractivity contribution in [1.29, 1.82) is 0 Å². The molecule has 0 aliphatic carbocycles. The van der Waals surface area contributed by atoms with Crippen LogP contribution in [-0.2, 0) is 6.61 Å². The van der Waals surface area contributed by atoms with E-state index in [4.69, 9.17) is 10.5 Å². The summed E-state index contributed by atoms with van der Waals surface area (Å²) in [6.07, 6.45) is 1.81. The molecule has 0 radical (unpaired) electrons. The van der Waals surface area contributed by atoms with Gasteiger partial charge in [-0.2, -0.15) is 0 Å². The van der Waals surface area contributed by atoms with Crippen LogP contribution < -0.4 is 10.5 Å². The maximum absolute atomic E-state index is 9.27. The number of aryl methyl sites for hydroxylation is 2. The summed E-state index contributed by atoms with van der Waals surface area (Å²) in [4.78, 5) is 4.65. The molecule has 0 saturated heterocycles. The van der Waals surface area contributed by atoms with Crippen LogP contribution in [-0.4, -0.2) is 21.6 Å². The van der Waals surface area contributed by atoms with Gasteiger partial charge in [-0.1, -0.05) is 6.07 Å². The molecule has 3 N–H and O–H groups in total. The summed E-state index contributed by atoms with van der Waals surface area (Å²) >= 11 is 0. The number of methoxy groups -OCH3 is 1. The molecule has 0 aliphatic heterocycles. The molecule has 0 amide bonds. The van der Waals surface area contributed by atoms with Crippen molar-refractivity contribution in [3.05, 3.63) is 47.2 Å². The summed E-state index contributed by atoms with van der Waals surface area (Å²) in [7, 11) is 1.66. The van der Waals surface area contributed by atoms with E-state index in [0.717, 1.165) is 39.3 Å². The molecular weight excluding hydrogens is 278 g/mol. The number of ether oxygens (including phenoxy) is 1. The van der Waals surface area contributed by atoms with Gasteiger partial charge < -0.3 is 15.6 Å². The summed E-state index contributed by atoms with van der Waals surface area (Å²) in [5.74, 6) is 1.39. The summed E-state index contributed by atoms with van der Waals surface area (Å²) in [5, 5.41) is 9.27. The number of fused-ring (bicyclic) bond motifs is 1. The number of hydrogen-bond donors (Lipinski definition) is 2. The molecule has 5 nitrogen and oxygen atoms in total. The Morgan fingerprint density at radius 2 is 1.91 bits per heavy atom. The number of hydrogen-bond acceptors (Lipinski definition) is 4. The molecular formula is C17H19N3O2. The SMILES string of the molecule is COc1cc(C)c(-c2nc3ccc(CO)cn3c2N)c(C)c1. The highest BCUT2D eigenvalue weighted by Gasteiger charge is 2.16. The average Bonchev–Trinajstić information content (AvgIpc) is 2.83. The lowest BCUT2D eigenvalue weighted by molar-refractivity contribution is 0.281. The van der Waals surface area contributed by atoms with Crippen LogP contribution in [0.2, 0.25) is 0 Å². The Labute approximate surface area is 129 Å². The molecule has 1 aromatic carbocycles. The van der Waals surface area contributed by atoms with E-state index in [9.17, 15) is 5.11 Å². The highest BCUT2D eigenvalue weighted by Crippen LogP contribution is 2.34. The molecule has 0 bridgehead atoms. The van der Waals surface area contributed by atoms with E-state index in [1.807, 2.05) is 48.7 Å². The molecule has 2 heterocycles. The number of aromatic nitrogens is 2. The number of rotatable bonds is 3. The number of benzene rings is 1. The molecule has 0 unspecified atom stereocenters. The number of nitrogens with zero attached hydrogens (tertiary/aromatic N) is 2. The van der Waals surface area contributed by atoms with Crippen LogP contribution in [0.15, 0.2) is 30.5 Å². The van der Waals surface area contributed by atoms with Gasteiger partial charge in [0.2, 0.25) is 0 Å². The van der Waals surface area contributed by atoms with Crippen molar-refractivity contribution in [2.24, 2.45) is 0 Å². The molecule has 0 spiro atoms. The molecule has 22 heavy (non-hydrogen) atoms. The second-order valence-corrected chi connectivity index (χ2v) is 5.41. The predicted octanol–water partition coefficient (Wildman–Crippen LogP) is 2.70. The van der Waals surface area contributed by atoms with Gasteiger partial charge in [-0.25, -0.2) is 4.98 Å². The molecule has 0 aliphatic rings. The van der Waals surface area contributed by atoms with Gasteiger partial charge in [0.05, 0.1) is 13.7 Å². The third kappa shape index (κ3) is 2.19.